The summed E-state index contributed by atoms with van der Waals surface area (Å²) in [6, 6.07) is 25.4. The summed E-state index contributed by atoms with van der Waals surface area (Å²) >= 11 is 2.98. The van der Waals surface area contributed by atoms with Crippen molar-refractivity contribution in [3.63, 3.8) is 0 Å². The normalized spacial score (nSPS) is 11.1. The molecule has 0 aliphatic carbocycles. The maximum atomic E-state index is 6.22. The maximum absolute atomic E-state index is 6.22. The first-order valence-corrected chi connectivity index (χ1v) is 12.4. The predicted octanol–water partition coefficient (Wildman–Crippen LogP) is 3.61. The molecule has 0 spiro atoms. The molecule has 0 atom stereocenters. The zero-order valence-corrected chi connectivity index (χ0v) is 19.7. The lowest BCUT2D eigenvalue weighted by atomic mass is 10.2. The highest BCUT2D eigenvalue weighted by Crippen LogP contribution is 2.26. The molecule has 0 bridgehead atoms. The van der Waals surface area contributed by atoms with E-state index >= 15 is 0 Å². The quantitative estimate of drug-likeness (QED) is 0.249. The topological polar surface area (TPSA) is 126 Å². The third-order valence-corrected chi connectivity index (χ3v) is 6.91. The number of aromatic nitrogens is 7. The number of benzene rings is 2. The smallest absolute Gasteiger partial charge is 0.210 e. The lowest BCUT2D eigenvalue weighted by Crippen LogP contribution is -2.11. The molecule has 9 nitrogen and oxygen atoms in total. The molecule has 2 aromatic carbocycles. The summed E-state index contributed by atoms with van der Waals surface area (Å²) in [5.74, 6) is 14.9. The van der Waals surface area contributed by atoms with Crippen LogP contribution in [0.4, 0.5) is 0 Å². The molecule has 3 aromatic heterocycles. The lowest BCUT2D eigenvalue weighted by Gasteiger charge is -2.06. The molecule has 0 unspecified atom stereocenters. The number of nitrogens with two attached hydrogens (primary N) is 2. The average Bonchev–Trinajstić information content (AvgIpc) is 3.44. The lowest BCUT2D eigenvalue weighted by molar-refractivity contribution is 0.847. The molecule has 0 radical (unpaired) electrons. The van der Waals surface area contributed by atoms with Crippen LogP contribution < -0.4 is 11.7 Å². The molecule has 5 aromatic rings. The fourth-order valence-electron chi connectivity index (χ4n) is 3.29. The van der Waals surface area contributed by atoms with Crippen LogP contribution in [0, 0.1) is 0 Å². The van der Waals surface area contributed by atoms with Crippen molar-refractivity contribution >= 4 is 23.5 Å². The van der Waals surface area contributed by atoms with Gasteiger partial charge in [-0.05, 0) is 12.1 Å². The number of hydrogen-bond acceptors (Lipinski definition) is 9. The van der Waals surface area contributed by atoms with Gasteiger partial charge in [0.25, 0.3) is 0 Å². The Morgan fingerprint density at radius 3 is 1.44 bits per heavy atom. The maximum Gasteiger partial charge on any atom is 0.210 e. The van der Waals surface area contributed by atoms with Crippen molar-refractivity contribution in [1.82, 2.24) is 34.7 Å². The first-order chi connectivity index (χ1) is 16.7. The van der Waals surface area contributed by atoms with Crippen molar-refractivity contribution in [2.24, 2.45) is 0 Å². The molecule has 3 heterocycles. The van der Waals surface area contributed by atoms with Crippen molar-refractivity contribution in [3.8, 4) is 22.8 Å². The van der Waals surface area contributed by atoms with Crippen molar-refractivity contribution in [1.29, 1.82) is 0 Å². The van der Waals surface area contributed by atoms with Gasteiger partial charge in [-0.15, -0.1) is 20.4 Å². The van der Waals surface area contributed by atoms with Gasteiger partial charge in [0.15, 0.2) is 11.6 Å². The summed E-state index contributed by atoms with van der Waals surface area (Å²) < 4.78 is 3.02. The summed E-state index contributed by atoms with van der Waals surface area (Å²) in [6.45, 7) is 0. The average molecular weight is 488 g/mol. The molecular formula is C23H21N9S2. The number of hydrogen-bond donors (Lipinski definition) is 2. The van der Waals surface area contributed by atoms with Gasteiger partial charge in [0.05, 0.1) is 11.4 Å². The first kappa shape index (κ1) is 22.0. The minimum absolute atomic E-state index is 0.619. The molecule has 0 fully saturated rings. The molecule has 0 amide bonds. The zero-order chi connectivity index (χ0) is 23.3. The molecular weight excluding hydrogens is 466 g/mol. The molecule has 0 saturated heterocycles. The summed E-state index contributed by atoms with van der Waals surface area (Å²) in [5.41, 5.74) is 3.69. The Kier molecular flexibility index (Phi) is 6.45. The van der Waals surface area contributed by atoms with Crippen LogP contribution in [-0.2, 0) is 11.5 Å². The zero-order valence-electron chi connectivity index (χ0n) is 18.0. The molecule has 0 aliphatic rings. The van der Waals surface area contributed by atoms with E-state index in [1.807, 2.05) is 78.9 Å². The van der Waals surface area contributed by atoms with Crippen molar-refractivity contribution in [2.75, 3.05) is 11.7 Å². The largest absolute Gasteiger partial charge is 0.335 e. The van der Waals surface area contributed by atoms with Crippen molar-refractivity contribution in [3.05, 3.63) is 90.3 Å². The predicted molar refractivity (Wildman–Crippen MR) is 135 cm³/mol. The second kappa shape index (κ2) is 9.98. The minimum atomic E-state index is 0.619. The van der Waals surface area contributed by atoms with Gasteiger partial charge in [-0.2, -0.15) is 0 Å². The fourth-order valence-corrected chi connectivity index (χ4v) is 4.81. The van der Waals surface area contributed by atoms with Gasteiger partial charge in [0, 0.05) is 22.6 Å². The Labute approximate surface area is 204 Å². The van der Waals surface area contributed by atoms with E-state index in [4.69, 9.17) is 16.7 Å². The van der Waals surface area contributed by atoms with Crippen LogP contribution in [0.1, 0.15) is 11.4 Å². The van der Waals surface area contributed by atoms with E-state index in [0.29, 0.717) is 33.5 Å². The first-order valence-electron chi connectivity index (χ1n) is 10.4. The molecule has 5 rings (SSSR count). The number of nitrogen functional groups attached to an aromatic ring is 2. The van der Waals surface area contributed by atoms with Gasteiger partial charge < -0.3 is 11.7 Å². The molecule has 0 aliphatic heterocycles. The van der Waals surface area contributed by atoms with E-state index in [1.165, 1.54) is 32.9 Å². The Balaban J connectivity index is 1.22. The highest BCUT2D eigenvalue weighted by Gasteiger charge is 2.14. The van der Waals surface area contributed by atoms with Crippen LogP contribution in [0.25, 0.3) is 22.8 Å². The second-order valence-corrected chi connectivity index (χ2v) is 9.17. The summed E-state index contributed by atoms with van der Waals surface area (Å²) in [4.78, 5) is 4.75. The van der Waals surface area contributed by atoms with Crippen LogP contribution >= 0.6 is 23.5 Å². The van der Waals surface area contributed by atoms with E-state index in [0.717, 1.165) is 22.5 Å². The van der Waals surface area contributed by atoms with Crippen LogP contribution in [0.15, 0.2) is 89.2 Å². The Bertz CT molecular complexity index is 1280. The van der Waals surface area contributed by atoms with Gasteiger partial charge in [0.1, 0.15) is 0 Å². The van der Waals surface area contributed by atoms with Gasteiger partial charge in [-0.25, -0.2) is 9.35 Å². The van der Waals surface area contributed by atoms with Gasteiger partial charge in [-0.1, -0.05) is 90.3 Å². The Morgan fingerprint density at radius 2 is 1.00 bits per heavy atom. The SMILES string of the molecule is Nn1c(SCc2cccc(CSc3nnc(-c4ccccc4)n3N)n2)nnc1-c1ccccc1. The number of thioether (sulfide) groups is 2. The molecule has 34 heavy (non-hydrogen) atoms. The third-order valence-electron chi connectivity index (χ3n) is 4.96. The van der Waals surface area contributed by atoms with Gasteiger partial charge in [0.2, 0.25) is 10.3 Å². The van der Waals surface area contributed by atoms with Crippen molar-refractivity contribution in [2.45, 2.75) is 21.8 Å². The van der Waals surface area contributed by atoms with E-state index in [9.17, 15) is 0 Å². The van der Waals surface area contributed by atoms with Crippen LogP contribution in [0.3, 0.4) is 0 Å². The highest BCUT2D eigenvalue weighted by molar-refractivity contribution is 7.98. The fraction of sp³-hybridized carbons (Fsp3) is 0.0870. The van der Waals surface area contributed by atoms with E-state index < -0.39 is 0 Å². The van der Waals surface area contributed by atoms with Crippen molar-refractivity contribution < 1.29 is 0 Å². The summed E-state index contributed by atoms with van der Waals surface area (Å²) in [5, 5.41) is 18.2. The summed E-state index contributed by atoms with van der Waals surface area (Å²) in [7, 11) is 0. The molecule has 170 valence electrons. The van der Waals surface area contributed by atoms with Crippen LogP contribution in [0.5, 0.6) is 0 Å². The molecule has 0 saturated carbocycles. The highest BCUT2D eigenvalue weighted by atomic mass is 32.2. The molecule has 11 heteroatoms. The van der Waals surface area contributed by atoms with E-state index in [1.54, 1.807) is 0 Å². The number of rotatable bonds is 8. The van der Waals surface area contributed by atoms with Gasteiger partial charge >= 0.3 is 0 Å². The van der Waals surface area contributed by atoms with Gasteiger partial charge in [-0.3, -0.25) is 4.98 Å². The van der Waals surface area contributed by atoms with E-state index in [-0.39, 0.29) is 0 Å². The number of nitrogens with zero attached hydrogens (tertiary/aromatic N) is 7. The Morgan fingerprint density at radius 1 is 0.559 bits per heavy atom. The summed E-state index contributed by atoms with van der Waals surface area (Å²) in [6.07, 6.45) is 0. The van der Waals surface area contributed by atoms with E-state index in [2.05, 4.69) is 20.4 Å². The van der Waals surface area contributed by atoms with Crippen LogP contribution in [-0.4, -0.2) is 34.7 Å². The van der Waals surface area contributed by atoms with Crippen LogP contribution in [0.2, 0.25) is 0 Å². The standard InChI is InChI=1S/C23H21N9S2/c24-31-20(16-8-3-1-4-9-16)27-29-22(31)33-14-18-12-7-13-19(26-18)15-34-23-30-28-21(32(23)25)17-10-5-2-6-11-17/h1-13H,14-15,24-25H2. The minimum Gasteiger partial charge on any atom is -0.335 e. The third kappa shape index (κ3) is 4.75. The monoisotopic (exact) mass is 487 g/mol. The Hall–Kier alpha value is -3.83. The second-order valence-electron chi connectivity index (χ2n) is 7.28. The number of pyridine rings is 1. The molecule has 4 N–H and O–H groups in total.